The second-order valence-corrected chi connectivity index (χ2v) is 4.14. The van der Waals surface area contributed by atoms with E-state index < -0.39 is 0 Å². The van der Waals surface area contributed by atoms with Crippen LogP contribution in [-0.2, 0) is 13.0 Å². The van der Waals surface area contributed by atoms with E-state index in [9.17, 15) is 0 Å². The van der Waals surface area contributed by atoms with Crippen molar-refractivity contribution < 1.29 is 9.63 Å². The van der Waals surface area contributed by atoms with E-state index in [1.165, 1.54) is 0 Å². The summed E-state index contributed by atoms with van der Waals surface area (Å²) in [6.07, 6.45) is 1.83. The van der Waals surface area contributed by atoms with Crippen molar-refractivity contribution in [2.75, 3.05) is 13.2 Å². The van der Waals surface area contributed by atoms with Gasteiger partial charge in [0.2, 0.25) is 5.89 Å². The summed E-state index contributed by atoms with van der Waals surface area (Å²) in [5.41, 5.74) is 0. The zero-order valence-electron chi connectivity index (χ0n) is 10.3. The molecule has 1 aromatic rings. The minimum Gasteiger partial charge on any atom is -0.395 e. The summed E-state index contributed by atoms with van der Waals surface area (Å²) in [7, 11) is 0. The van der Waals surface area contributed by atoms with Crippen molar-refractivity contribution in [3.05, 3.63) is 11.7 Å². The van der Waals surface area contributed by atoms with Crippen molar-refractivity contribution >= 4 is 0 Å². The molecule has 5 nitrogen and oxygen atoms in total. The third-order valence-corrected chi connectivity index (χ3v) is 2.44. The first kappa shape index (κ1) is 13.1. The van der Waals surface area contributed by atoms with Gasteiger partial charge in [0.15, 0.2) is 5.82 Å². The average Bonchev–Trinajstić information content (AvgIpc) is 2.65. The maximum absolute atomic E-state index is 8.95. The Hall–Kier alpha value is -0.940. The normalized spacial score (nSPS) is 11.6. The van der Waals surface area contributed by atoms with Crippen LogP contribution in [0.25, 0.3) is 0 Å². The van der Waals surface area contributed by atoms with Crippen molar-refractivity contribution in [1.29, 1.82) is 0 Å². The predicted octanol–water partition coefficient (Wildman–Crippen LogP) is 1.22. The zero-order valence-corrected chi connectivity index (χ0v) is 10.3. The molecular weight excluding hydrogens is 206 g/mol. The largest absolute Gasteiger partial charge is 0.395 e. The van der Waals surface area contributed by atoms with E-state index in [-0.39, 0.29) is 6.61 Å². The smallest absolute Gasteiger partial charge is 0.226 e. The molecular formula is C11H21N3O2. The van der Waals surface area contributed by atoms with Gasteiger partial charge in [0, 0.05) is 19.0 Å². The van der Waals surface area contributed by atoms with E-state index in [1.807, 2.05) is 0 Å². The van der Waals surface area contributed by atoms with E-state index in [1.54, 1.807) is 0 Å². The third-order valence-electron chi connectivity index (χ3n) is 2.44. The topological polar surface area (TPSA) is 62.4 Å². The fraction of sp³-hybridized carbons (Fsp3) is 0.818. The number of aliphatic hydroxyl groups is 1. The van der Waals surface area contributed by atoms with Crippen LogP contribution in [0.15, 0.2) is 4.52 Å². The van der Waals surface area contributed by atoms with Crippen LogP contribution >= 0.6 is 0 Å². The third kappa shape index (κ3) is 3.90. The van der Waals surface area contributed by atoms with Crippen molar-refractivity contribution in [1.82, 2.24) is 15.0 Å². The molecule has 0 fully saturated rings. The van der Waals surface area contributed by atoms with Gasteiger partial charge in [-0.2, -0.15) is 4.98 Å². The van der Waals surface area contributed by atoms with E-state index in [2.05, 4.69) is 35.8 Å². The van der Waals surface area contributed by atoms with Crippen LogP contribution < -0.4 is 0 Å². The van der Waals surface area contributed by atoms with Crippen LogP contribution in [0.5, 0.6) is 0 Å². The summed E-state index contributed by atoms with van der Waals surface area (Å²) in [4.78, 5) is 6.42. The van der Waals surface area contributed by atoms with Crippen LogP contribution in [-0.4, -0.2) is 39.3 Å². The summed E-state index contributed by atoms with van der Waals surface area (Å²) in [5, 5.41) is 12.9. The molecule has 0 unspecified atom stereocenters. The van der Waals surface area contributed by atoms with Crippen LogP contribution in [0.2, 0.25) is 0 Å². The summed E-state index contributed by atoms with van der Waals surface area (Å²) >= 11 is 0. The van der Waals surface area contributed by atoms with Crippen molar-refractivity contribution in [3.63, 3.8) is 0 Å². The molecule has 0 spiro atoms. The Morgan fingerprint density at radius 2 is 2.19 bits per heavy atom. The van der Waals surface area contributed by atoms with Gasteiger partial charge in [-0.25, -0.2) is 0 Å². The Morgan fingerprint density at radius 3 is 2.75 bits per heavy atom. The molecule has 0 saturated carbocycles. The summed E-state index contributed by atoms with van der Waals surface area (Å²) in [6, 6.07) is 0.361. The fourth-order valence-electron chi connectivity index (χ4n) is 1.50. The van der Waals surface area contributed by atoms with Crippen molar-refractivity contribution in [3.8, 4) is 0 Å². The fourth-order valence-corrected chi connectivity index (χ4v) is 1.50. The molecule has 0 bridgehead atoms. The highest BCUT2D eigenvalue weighted by molar-refractivity contribution is 4.87. The monoisotopic (exact) mass is 227 g/mol. The molecule has 0 atom stereocenters. The number of hydrogen-bond acceptors (Lipinski definition) is 5. The van der Waals surface area contributed by atoms with Gasteiger partial charge in [0.05, 0.1) is 13.2 Å². The Labute approximate surface area is 96.5 Å². The molecule has 0 aromatic carbocycles. The zero-order chi connectivity index (χ0) is 12.0. The average molecular weight is 227 g/mol. The molecule has 0 aliphatic carbocycles. The van der Waals surface area contributed by atoms with Gasteiger partial charge in [-0.3, -0.25) is 4.90 Å². The van der Waals surface area contributed by atoms with Crippen LogP contribution in [0, 0.1) is 0 Å². The predicted molar refractivity (Wildman–Crippen MR) is 60.9 cm³/mol. The second-order valence-electron chi connectivity index (χ2n) is 4.14. The molecule has 1 N–H and O–H groups in total. The molecule has 92 valence electrons. The highest BCUT2D eigenvalue weighted by Gasteiger charge is 2.13. The van der Waals surface area contributed by atoms with E-state index in [0.29, 0.717) is 30.8 Å². The Morgan fingerprint density at radius 1 is 1.44 bits per heavy atom. The number of aliphatic hydroxyl groups excluding tert-OH is 1. The maximum Gasteiger partial charge on any atom is 0.226 e. The highest BCUT2D eigenvalue weighted by Crippen LogP contribution is 2.06. The molecule has 0 aliphatic heterocycles. The van der Waals surface area contributed by atoms with Gasteiger partial charge in [-0.1, -0.05) is 12.1 Å². The molecule has 5 heteroatoms. The van der Waals surface area contributed by atoms with Crippen molar-refractivity contribution in [2.45, 2.75) is 46.2 Å². The Bertz CT molecular complexity index is 299. The lowest BCUT2D eigenvalue weighted by molar-refractivity contribution is 0.155. The number of rotatable bonds is 7. The van der Waals surface area contributed by atoms with Gasteiger partial charge in [0.1, 0.15) is 0 Å². The molecule has 1 heterocycles. The van der Waals surface area contributed by atoms with Crippen LogP contribution in [0.4, 0.5) is 0 Å². The lowest BCUT2D eigenvalue weighted by atomic mass is 10.3. The van der Waals surface area contributed by atoms with Crippen molar-refractivity contribution in [2.24, 2.45) is 0 Å². The minimum absolute atomic E-state index is 0.151. The van der Waals surface area contributed by atoms with Gasteiger partial charge >= 0.3 is 0 Å². The first-order valence-corrected chi connectivity index (χ1v) is 5.83. The summed E-state index contributed by atoms with van der Waals surface area (Å²) in [6.45, 7) is 7.67. The molecule has 0 amide bonds. The standard InChI is InChI=1S/C11H21N3O2/c1-4-5-11-12-10(13-16-11)8-14(6-7-15)9(2)3/h9,15H,4-8H2,1-3H3. The summed E-state index contributed by atoms with van der Waals surface area (Å²) < 4.78 is 5.11. The summed E-state index contributed by atoms with van der Waals surface area (Å²) in [5.74, 6) is 1.40. The van der Waals surface area contributed by atoms with Gasteiger partial charge < -0.3 is 9.63 Å². The quantitative estimate of drug-likeness (QED) is 0.759. The Kier molecular flexibility index (Phi) is 5.42. The van der Waals surface area contributed by atoms with Gasteiger partial charge in [-0.05, 0) is 20.3 Å². The number of nitrogens with zero attached hydrogens (tertiary/aromatic N) is 3. The van der Waals surface area contributed by atoms with Crippen LogP contribution in [0.3, 0.4) is 0 Å². The number of aromatic nitrogens is 2. The maximum atomic E-state index is 8.95. The van der Waals surface area contributed by atoms with E-state index >= 15 is 0 Å². The first-order chi connectivity index (χ1) is 7.67. The molecule has 16 heavy (non-hydrogen) atoms. The highest BCUT2D eigenvalue weighted by atomic mass is 16.5. The number of hydrogen-bond donors (Lipinski definition) is 1. The Balaban J connectivity index is 2.55. The van der Waals surface area contributed by atoms with Crippen LogP contribution in [0.1, 0.15) is 38.9 Å². The molecule has 0 saturated heterocycles. The first-order valence-electron chi connectivity index (χ1n) is 5.83. The lowest BCUT2D eigenvalue weighted by Crippen LogP contribution is -2.33. The molecule has 0 aliphatic rings. The SMILES string of the molecule is CCCc1nc(CN(CCO)C(C)C)no1. The second kappa shape index (κ2) is 6.60. The lowest BCUT2D eigenvalue weighted by Gasteiger charge is -2.23. The molecule has 1 aromatic heterocycles. The van der Waals surface area contributed by atoms with E-state index in [0.717, 1.165) is 12.8 Å². The molecule has 0 radical (unpaired) electrons. The number of aryl methyl sites for hydroxylation is 1. The molecule has 1 rings (SSSR count). The van der Waals surface area contributed by atoms with Gasteiger partial charge in [0.25, 0.3) is 0 Å². The van der Waals surface area contributed by atoms with E-state index in [4.69, 9.17) is 9.63 Å². The van der Waals surface area contributed by atoms with Gasteiger partial charge in [-0.15, -0.1) is 0 Å². The minimum atomic E-state index is 0.151.